The van der Waals surface area contributed by atoms with E-state index in [4.69, 9.17) is 10.00 Å². The summed E-state index contributed by atoms with van der Waals surface area (Å²) in [6.07, 6.45) is -4.48. The van der Waals surface area contributed by atoms with Crippen molar-refractivity contribution in [3.63, 3.8) is 0 Å². The number of pyridine rings is 1. The standard InChI is InChI=1S/C15H10F4N2O/c1-2-10-7-13(15(17,18)19)12(8-20)14(21-10)22-11-5-3-4-9(16)6-11/h3-7H,2H2,1H3. The van der Waals surface area contributed by atoms with Crippen LogP contribution >= 0.6 is 0 Å². The van der Waals surface area contributed by atoms with Crippen LogP contribution in [0.2, 0.25) is 0 Å². The number of hydrogen-bond acceptors (Lipinski definition) is 3. The second-order valence-electron chi connectivity index (χ2n) is 4.36. The van der Waals surface area contributed by atoms with E-state index >= 15 is 0 Å². The number of halogens is 4. The fourth-order valence-electron chi connectivity index (χ4n) is 1.80. The van der Waals surface area contributed by atoms with Crippen molar-refractivity contribution in [2.24, 2.45) is 0 Å². The SMILES string of the molecule is CCc1cc(C(F)(F)F)c(C#N)c(Oc2cccc(F)c2)n1. The Hall–Kier alpha value is -2.62. The molecule has 2 aromatic rings. The van der Waals surface area contributed by atoms with E-state index in [2.05, 4.69) is 4.98 Å². The first-order valence-electron chi connectivity index (χ1n) is 6.29. The molecule has 1 aromatic carbocycles. The number of hydrogen-bond donors (Lipinski definition) is 0. The van der Waals surface area contributed by atoms with Crippen molar-refractivity contribution in [2.45, 2.75) is 19.5 Å². The molecule has 3 nitrogen and oxygen atoms in total. The molecule has 0 atom stereocenters. The van der Waals surface area contributed by atoms with E-state index in [0.29, 0.717) is 0 Å². The van der Waals surface area contributed by atoms with Crippen LogP contribution in [0.5, 0.6) is 11.6 Å². The van der Waals surface area contributed by atoms with Gasteiger partial charge in [0.05, 0.1) is 5.56 Å². The Balaban J connectivity index is 2.57. The summed E-state index contributed by atoms with van der Waals surface area (Å²) in [5.74, 6) is -1.14. The second kappa shape index (κ2) is 6.02. The summed E-state index contributed by atoms with van der Waals surface area (Å²) in [6, 6.07) is 7.13. The molecule has 0 aliphatic heterocycles. The van der Waals surface area contributed by atoms with Crippen LogP contribution in [0.15, 0.2) is 30.3 Å². The zero-order valence-electron chi connectivity index (χ0n) is 11.4. The molecule has 0 saturated carbocycles. The van der Waals surface area contributed by atoms with Crippen molar-refractivity contribution >= 4 is 0 Å². The van der Waals surface area contributed by atoms with Gasteiger partial charge in [0, 0.05) is 11.8 Å². The molecule has 0 radical (unpaired) electrons. The molecular formula is C15H10F4N2O. The molecule has 2 rings (SSSR count). The lowest BCUT2D eigenvalue weighted by Crippen LogP contribution is -2.11. The molecule has 0 aliphatic rings. The largest absolute Gasteiger partial charge is 0.438 e. The van der Waals surface area contributed by atoms with Gasteiger partial charge in [-0.25, -0.2) is 9.37 Å². The molecular weight excluding hydrogens is 300 g/mol. The third-order valence-corrected chi connectivity index (χ3v) is 2.83. The lowest BCUT2D eigenvalue weighted by Gasteiger charge is -2.14. The molecule has 0 aliphatic carbocycles. The number of alkyl halides is 3. The number of ether oxygens (including phenoxy) is 1. The average Bonchev–Trinajstić information content (AvgIpc) is 2.45. The molecule has 0 N–H and O–H groups in total. The van der Waals surface area contributed by atoms with Crippen molar-refractivity contribution < 1.29 is 22.3 Å². The Bertz CT molecular complexity index is 735. The fourth-order valence-corrected chi connectivity index (χ4v) is 1.80. The quantitative estimate of drug-likeness (QED) is 0.786. The van der Waals surface area contributed by atoms with Gasteiger partial charge in [-0.2, -0.15) is 18.4 Å². The van der Waals surface area contributed by atoms with Crippen LogP contribution in [0.4, 0.5) is 17.6 Å². The smallest absolute Gasteiger partial charge is 0.417 e. The van der Waals surface area contributed by atoms with Crippen LogP contribution in [0.25, 0.3) is 0 Å². The Kier molecular flexibility index (Phi) is 4.31. The van der Waals surface area contributed by atoms with Crippen molar-refractivity contribution in [2.75, 3.05) is 0 Å². The predicted molar refractivity (Wildman–Crippen MR) is 69.8 cm³/mol. The summed E-state index contributed by atoms with van der Waals surface area (Å²) in [6.45, 7) is 1.63. The first kappa shape index (κ1) is 15.8. The average molecular weight is 310 g/mol. The number of rotatable bonds is 3. The molecule has 0 spiro atoms. The summed E-state index contributed by atoms with van der Waals surface area (Å²) in [5.41, 5.74) is -1.72. The van der Waals surface area contributed by atoms with Crippen LogP contribution < -0.4 is 4.74 Å². The zero-order valence-corrected chi connectivity index (χ0v) is 11.4. The van der Waals surface area contributed by atoms with Gasteiger partial charge < -0.3 is 4.74 Å². The van der Waals surface area contributed by atoms with Crippen LogP contribution in [0, 0.1) is 17.1 Å². The minimum atomic E-state index is -4.71. The molecule has 1 heterocycles. The maximum absolute atomic E-state index is 13.1. The van der Waals surface area contributed by atoms with E-state index in [-0.39, 0.29) is 17.9 Å². The highest BCUT2D eigenvalue weighted by Gasteiger charge is 2.36. The van der Waals surface area contributed by atoms with Gasteiger partial charge in [-0.1, -0.05) is 13.0 Å². The van der Waals surface area contributed by atoms with Crippen LogP contribution in [-0.4, -0.2) is 4.98 Å². The van der Waals surface area contributed by atoms with E-state index in [1.807, 2.05) is 0 Å². The topological polar surface area (TPSA) is 45.9 Å². The Morgan fingerprint density at radius 1 is 1.27 bits per heavy atom. The van der Waals surface area contributed by atoms with Gasteiger partial charge in [-0.05, 0) is 24.6 Å². The second-order valence-corrected chi connectivity index (χ2v) is 4.36. The van der Waals surface area contributed by atoms with Gasteiger partial charge in [0.1, 0.15) is 23.2 Å². The maximum atomic E-state index is 13.1. The van der Waals surface area contributed by atoms with Crippen molar-refractivity contribution in [3.05, 3.63) is 53.0 Å². The number of nitriles is 1. The van der Waals surface area contributed by atoms with Crippen LogP contribution in [-0.2, 0) is 12.6 Å². The summed E-state index contributed by atoms with van der Waals surface area (Å²) in [7, 11) is 0. The maximum Gasteiger partial charge on any atom is 0.417 e. The normalized spacial score (nSPS) is 11.1. The van der Waals surface area contributed by atoms with Gasteiger partial charge in [-0.15, -0.1) is 0 Å². The molecule has 0 fully saturated rings. The molecule has 0 bridgehead atoms. The lowest BCUT2D eigenvalue weighted by molar-refractivity contribution is -0.138. The number of aromatic nitrogens is 1. The van der Waals surface area contributed by atoms with Crippen LogP contribution in [0.3, 0.4) is 0 Å². The highest BCUT2D eigenvalue weighted by atomic mass is 19.4. The predicted octanol–water partition coefficient (Wildman–Crippen LogP) is 4.47. The van der Waals surface area contributed by atoms with Gasteiger partial charge in [0.2, 0.25) is 5.88 Å². The highest BCUT2D eigenvalue weighted by molar-refractivity contribution is 5.49. The van der Waals surface area contributed by atoms with Gasteiger partial charge >= 0.3 is 6.18 Å². The van der Waals surface area contributed by atoms with Crippen molar-refractivity contribution in [3.8, 4) is 17.7 Å². The van der Waals surface area contributed by atoms with Gasteiger partial charge in [0.15, 0.2) is 0 Å². The van der Waals surface area contributed by atoms with Crippen molar-refractivity contribution in [1.29, 1.82) is 5.26 Å². The minimum absolute atomic E-state index is 0.0367. The van der Waals surface area contributed by atoms with E-state index < -0.39 is 29.0 Å². The highest BCUT2D eigenvalue weighted by Crippen LogP contribution is 2.36. The van der Waals surface area contributed by atoms with E-state index in [1.165, 1.54) is 18.2 Å². The minimum Gasteiger partial charge on any atom is -0.438 e. The lowest BCUT2D eigenvalue weighted by atomic mass is 10.1. The number of nitrogens with zero attached hydrogens (tertiary/aromatic N) is 2. The van der Waals surface area contributed by atoms with E-state index in [1.54, 1.807) is 6.92 Å². The molecule has 114 valence electrons. The third kappa shape index (κ3) is 3.34. The van der Waals surface area contributed by atoms with E-state index in [0.717, 1.165) is 18.2 Å². The van der Waals surface area contributed by atoms with Crippen LogP contribution in [0.1, 0.15) is 23.7 Å². The first-order chi connectivity index (χ1) is 10.3. The fraction of sp³-hybridized carbons (Fsp3) is 0.200. The molecule has 0 amide bonds. The molecule has 1 aromatic heterocycles. The Morgan fingerprint density at radius 2 is 2.00 bits per heavy atom. The number of aryl methyl sites for hydroxylation is 1. The van der Waals surface area contributed by atoms with Gasteiger partial charge in [-0.3, -0.25) is 0 Å². The summed E-state index contributed by atoms with van der Waals surface area (Å²) in [4.78, 5) is 3.89. The molecule has 22 heavy (non-hydrogen) atoms. The summed E-state index contributed by atoms with van der Waals surface area (Å²) >= 11 is 0. The van der Waals surface area contributed by atoms with Gasteiger partial charge in [0.25, 0.3) is 0 Å². The summed E-state index contributed by atoms with van der Waals surface area (Å²) < 4.78 is 57.4. The summed E-state index contributed by atoms with van der Waals surface area (Å²) in [5, 5.41) is 9.01. The molecule has 7 heteroatoms. The van der Waals surface area contributed by atoms with E-state index in [9.17, 15) is 17.6 Å². The Labute approximate surface area is 123 Å². The van der Waals surface area contributed by atoms with Crippen molar-refractivity contribution in [1.82, 2.24) is 4.98 Å². The third-order valence-electron chi connectivity index (χ3n) is 2.83. The zero-order chi connectivity index (χ0) is 16.3. The number of benzene rings is 1. The first-order valence-corrected chi connectivity index (χ1v) is 6.29. The monoisotopic (exact) mass is 310 g/mol. The molecule has 0 saturated heterocycles. The molecule has 0 unspecified atom stereocenters. The Morgan fingerprint density at radius 3 is 2.55 bits per heavy atom.